The summed E-state index contributed by atoms with van der Waals surface area (Å²) in [5.74, 6) is 0.00170. The van der Waals surface area contributed by atoms with Crippen molar-refractivity contribution in [3.63, 3.8) is 0 Å². The lowest BCUT2D eigenvalue weighted by Gasteiger charge is -2.30. The number of carbonyl (C=O) groups is 3. The summed E-state index contributed by atoms with van der Waals surface area (Å²) in [4.78, 5) is 39.6. The summed E-state index contributed by atoms with van der Waals surface area (Å²) >= 11 is 1.49. The molecular weight excluding hydrogens is 350 g/mol. The van der Waals surface area contributed by atoms with Crippen LogP contribution in [-0.4, -0.2) is 28.4 Å². The van der Waals surface area contributed by atoms with E-state index in [0.717, 1.165) is 43.5 Å². The van der Waals surface area contributed by atoms with Gasteiger partial charge in [0.1, 0.15) is 5.54 Å². The van der Waals surface area contributed by atoms with Crippen LogP contribution in [0, 0.1) is 5.92 Å². The number of amides is 4. The van der Waals surface area contributed by atoms with E-state index >= 15 is 0 Å². The number of hydrogen-bond donors (Lipinski definition) is 2. The quantitative estimate of drug-likeness (QED) is 0.797. The van der Waals surface area contributed by atoms with Crippen LogP contribution in [0.15, 0.2) is 6.07 Å². The van der Waals surface area contributed by atoms with Crippen LogP contribution in [-0.2, 0) is 17.6 Å². The Kier molecular flexibility index (Phi) is 4.50. The molecule has 0 bridgehead atoms. The maximum Gasteiger partial charge on any atom is 0.344 e. The van der Waals surface area contributed by atoms with Gasteiger partial charge in [0.2, 0.25) is 0 Å². The van der Waals surface area contributed by atoms with Gasteiger partial charge in [0, 0.05) is 4.88 Å². The first kappa shape index (κ1) is 17.5. The minimum atomic E-state index is -0.814. The number of thiophene rings is 1. The third kappa shape index (κ3) is 2.92. The zero-order valence-corrected chi connectivity index (χ0v) is 15.9. The number of hydrogen-bond acceptors (Lipinski definition) is 4. The Morgan fingerprint density at radius 3 is 2.85 bits per heavy atom. The fourth-order valence-corrected chi connectivity index (χ4v) is 5.53. The molecule has 0 unspecified atom stereocenters. The Morgan fingerprint density at radius 1 is 1.35 bits per heavy atom. The molecule has 140 valence electrons. The molecule has 26 heavy (non-hydrogen) atoms. The Morgan fingerprint density at radius 2 is 2.12 bits per heavy atom. The number of urea groups is 1. The van der Waals surface area contributed by atoms with Crippen LogP contribution in [0.1, 0.15) is 72.0 Å². The number of nitrogens with zero attached hydrogens (tertiary/aromatic N) is 1. The molecule has 2 heterocycles. The molecular formula is C19H25N3O3S. The predicted molar refractivity (Wildman–Crippen MR) is 98.8 cm³/mol. The molecule has 1 aromatic heterocycles. The molecule has 3 aliphatic rings. The van der Waals surface area contributed by atoms with Gasteiger partial charge in [-0.3, -0.25) is 15.0 Å². The maximum absolute atomic E-state index is 12.8. The van der Waals surface area contributed by atoms with Crippen molar-refractivity contribution in [2.75, 3.05) is 0 Å². The third-order valence-corrected chi connectivity index (χ3v) is 7.30. The molecule has 1 aromatic rings. The highest BCUT2D eigenvalue weighted by atomic mass is 32.1. The van der Waals surface area contributed by atoms with Crippen molar-refractivity contribution in [1.29, 1.82) is 0 Å². The van der Waals surface area contributed by atoms with Crippen LogP contribution in [0.2, 0.25) is 0 Å². The van der Waals surface area contributed by atoms with Crippen LogP contribution >= 0.6 is 11.3 Å². The van der Waals surface area contributed by atoms with Crippen molar-refractivity contribution >= 4 is 29.2 Å². The van der Waals surface area contributed by atoms with E-state index in [2.05, 4.69) is 17.7 Å². The Labute approximate surface area is 157 Å². The summed E-state index contributed by atoms with van der Waals surface area (Å²) in [5.41, 5.74) is 2.98. The lowest BCUT2D eigenvalue weighted by Crippen LogP contribution is -2.50. The molecule has 1 saturated carbocycles. The topological polar surface area (TPSA) is 78.5 Å². The third-order valence-electron chi connectivity index (χ3n) is 6.07. The van der Waals surface area contributed by atoms with E-state index in [1.807, 2.05) is 6.07 Å². The zero-order valence-electron chi connectivity index (χ0n) is 15.1. The maximum atomic E-state index is 12.8. The number of fused-ring (bicyclic) bond motifs is 1. The summed E-state index contributed by atoms with van der Waals surface area (Å²) in [5, 5.41) is 3.70. The second-order valence-corrected chi connectivity index (χ2v) is 8.87. The fraction of sp³-hybridized carbons (Fsp3) is 0.632. The largest absolute Gasteiger partial charge is 0.344 e. The van der Waals surface area contributed by atoms with Crippen LogP contribution < -0.4 is 10.7 Å². The van der Waals surface area contributed by atoms with Gasteiger partial charge in [0.05, 0.1) is 4.88 Å². The lowest BCUT2D eigenvalue weighted by atomic mass is 9.82. The SMILES string of the molecule is CC[C@H]1CCc2sc(C(=O)NN3C(=O)NC4(CCCCC4)C3=O)cc2C1. The fourth-order valence-electron chi connectivity index (χ4n) is 4.43. The van der Waals surface area contributed by atoms with Crippen molar-refractivity contribution in [1.82, 2.24) is 15.8 Å². The Bertz CT molecular complexity index is 751. The molecule has 6 nitrogen and oxygen atoms in total. The van der Waals surface area contributed by atoms with Crippen LogP contribution in [0.25, 0.3) is 0 Å². The first-order chi connectivity index (χ1) is 12.5. The van der Waals surface area contributed by atoms with E-state index in [9.17, 15) is 14.4 Å². The average molecular weight is 375 g/mol. The molecule has 4 rings (SSSR count). The van der Waals surface area contributed by atoms with Gasteiger partial charge in [-0.2, -0.15) is 5.01 Å². The molecule has 2 aliphatic carbocycles. The predicted octanol–water partition coefficient (Wildman–Crippen LogP) is 3.16. The monoisotopic (exact) mass is 375 g/mol. The molecule has 7 heteroatoms. The number of hydrazine groups is 1. The van der Waals surface area contributed by atoms with Gasteiger partial charge in [-0.1, -0.05) is 32.6 Å². The van der Waals surface area contributed by atoms with E-state index in [4.69, 9.17) is 0 Å². The van der Waals surface area contributed by atoms with E-state index in [0.29, 0.717) is 23.6 Å². The second-order valence-electron chi connectivity index (χ2n) is 7.73. The highest BCUT2D eigenvalue weighted by Gasteiger charge is 2.52. The second kappa shape index (κ2) is 6.68. The molecule has 1 atom stereocenters. The minimum absolute atomic E-state index is 0.317. The van der Waals surface area contributed by atoms with Crippen LogP contribution in [0.5, 0.6) is 0 Å². The van der Waals surface area contributed by atoms with Gasteiger partial charge in [-0.25, -0.2) is 4.79 Å². The normalized spacial score (nSPS) is 24.5. The Balaban J connectivity index is 1.48. The molecule has 1 saturated heterocycles. The van der Waals surface area contributed by atoms with Crippen LogP contribution in [0.3, 0.4) is 0 Å². The molecule has 2 N–H and O–H groups in total. The van der Waals surface area contributed by atoms with E-state index in [-0.39, 0.29) is 11.8 Å². The van der Waals surface area contributed by atoms with E-state index in [1.165, 1.54) is 28.2 Å². The number of imide groups is 1. The summed E-state index contributed by atoms with van der Waals surface area (Å²) in [7, 11) is 0. The number of rotatable bonds is 3. The van der Waals surface area contributed by atoms with Gasteiger partial charge in [-0.05, 0) is 49.7 Å². The van der Waals surface area contributed by atoms with Crippen molar-refractivity contribution in [2.24, 2.45) is 5.92 Å². The Hall–Kier alpha value is -1.89. The van der Waals surface area contributed by atoms with Gasteiger partial charge >= 0.3 is 6.03 Å². The van der Waals surface area contributed by atoms with Gasteiger partial charge in [0.25, 0.3) is 11.8 Å². The summed E-state index contributed by atoms with van der Waals surface area (Å²) in [6.07, 6.45) is 8.57. The van der Waals surface area contributed by atoms with Gasteiger partial charge in [0.15, 0.2) is 0 Å². The van der Waals surface area contributed by atoms with Crippen LogP contribution in [0.4, 0.5) is 4.79 Å². The highest BCUT2D eigenvalue weighted by Crippen LogP contribution is 2.35. The standard InChI is InChI=1S/C19H25N3O3S/c1-2-12-6-7-14-13(10-12)11-15(26-14)16(23)21-22-17(24)19(20-18(22)25)8-4-3-5-9-19/h11-12H,2-10H2,1H3,(H,20,25)(H,21,23)/t12-/m0/s1. The average Bonchev–Trinajstić information content (AvgIpc) is 3.17. The van der Waals surface area contributed by atoms with Gasteiger partial charge in [-0.15, -0.1) is 11.3 Å². The molecule has 1 aliphatic heterocycles. The molecule has 0 radical (unpaired) electrons. The zero-order chi connectivity index (χ0) is 18.3. The van der Waals surface area contributed by atoms with E-state index < -0.39 is 11.6 Å². The van der Waals surface area contributed by atoms with Crippen molar-refractivity contribution in [2.45, 2.75) is 70.3 Å². The molecule has 4 amide bonds. The molecule has 0 aromatic carbocycles. The number of nitrogens with one attached hydrogen (secondary N) is 2. The summed E-state index contributed by atoms with van der Waals surface area (Å²) in [6.45, 7) is 2.20. The first-order valence-corrected chi connectivity index (χ1v) is 10.4. The number of aryl methyl sites for hydroxylation is 1. The van der Waals surface area contributed by atoms with Crippen molar-refractivity contribution in [3.05, 3.63) is 21.4 Å². The van der Waals surface area contributed by atoms with Gasteiger partial charge < -0.3 is 5.32 Å². The van der Waals surface area contributed by atoms with E-state index in [1.54, 1.807) is 0 Å². The van der Waals surface area contributed by atoms with Crippen molar-refractivity contribution < 1.29 is 14.4 Å². The smallest absolute Gasteiger partial charge is 0.322 e. The lowest BCUT2D eigenvalue weighted by molar-refractivity contribution is -0.134. The molecule has 1 spiro atoms. The summed E-state index contributed by atoms with van der Waals surface area (Å²) in [6, 6.07) is 1.42. The summed E-state index contributed by atoms with van der Waals surface area (Å²) < 4.78 is 0. The van der Waals surface area contributed by atoms with Crippen molar-refractivity contribution in [3.8, 4) is 0 Å². The minimum Gasteiger partial charge on any atom is -0.322 e. The number of carbonyl (C=O) groups excluding carboxylic acids is 3. The molecule has 2 fully saturated rings. The first-order valence-electron chi connectivity index (χ1n) is 9.61. The highest BCUT2D eigenvalue weighted by molar-refractivity contribution is 7.14.